The predicted molar refractivity (Wildman–Crippen MR) is 81.2 cm³/mol. The molecule has 3 nitrogen and oxygen atoms in total. The average Bonchev–Trinajstić information content (AvgIpc) is 2.53. The monoisotopic (exact) mass is 281 g/mol. The third-order valence-electron chi connectivity index (χ3n) is 3.46. The lowest BCUT2D eigenvalue weighted by molar-refractivity contribution is 0.564. The Morgan fingerprint density at radius 3 is 2.52 bits per heavy atom. The van der Waals surface area contributed by atoms with Gasteiger partial charge in [0, 0.05) is 12.6 Å². The second kappa shape index (κ2) is 5.97. The Kier molecular flexibility index (Phi) is 3.88. The van der Waals surface area contributed by atoms with Gasteiger partial charge < -0.3 is 5.32 Å². The summed E-state index contributed by atoms with van der Waals surface area (Å²) in [5, 5.41) is 3.37. The summed E-state index contributed by atoms with van der Waals surface area (Å²) in [4.78, 5) is 8.96. The van der Waals surface area contributed by atoms with E-state index in [0.29, 0.717) is 6.54 Å². The van der Waals surface area contributed by atoms with Crippen molar-refractivity contribution in [1.82, 2.24) is 15.3 Å². The fraction of sp³-hybridized carbons (Fsp3) is 0.176. The largest absolute Gasteiger partial charge is 0.305 e. The molecule has 1 atom stereocenters. The Labute approximate surface area is 122 Å². The van der Waals surface area contributed by atoms with Crippen LogP contribution >= 0.6 is 0 Å². The first-order valence-corrected chi connectivity index (χ1v) is 6.92. The van der Waals surface area contributed by atoms with Crippen LogP contribution in [0.5, 0.6) is 0 Å². The summed E-state index contributed by atoms with van der Waals surface area (Å²) in [6.07, 6.45) is 1.78. The smallest absolute Gasteiger partial charge is 0.123 e. The highest BCUT2D eigenvalue weighted by atomic mass is 19.1. The molecule has 0 amide bonds. The highest BCUT2D eigenvalue weighted by molar-refractivity contribution is 5.73. The molecule has 0 radical (unpaired) electrons. The summed E-state index contributed by atoms with van der Waals surface area (Å²) in [6, 6.07) is 14.5. The zero-order valence-electron chi connectivity index (χ0n) is 11.8. The lowest BCUT2D eigenvalue weighted by Crippen LogP contribution is -2.19. The van der Waals surface area contributed by atoms with Gasteiger partial charge in [-0.3, -0.25) is 4.98 Å². The molecule has 0 spiro atoms. The molecule has 1 aromatic heterocycles. The number of fused-ring (bicyclic) bond motifs is 1. The molecule has 0 aliphatic carbocycles. The molecule has 0 aliphatic rings. The van der Waals surface area contributed by atoms with Gasteiger partial charge in [0.15, 0.2) is 0 Å². The van der Waals surface area contributed by atoms with Crippen molar-refractivity contribution in [3.8, 4) is 0 Å². The molecular weight excluding hydrogens is 265 g/mol. The van der Waals surface area contributed by atoms with Crippen molar-refractivity contribution < 1.29 is 4.39 Å². The van der Waals surface area contributed by atoms with Crippen LogP contribution in [0.2, 0.25) is 0 Å². The third-order valence-corrected chi connectivity index (χ3v) is 3.46. The lowest BCUT2D eigenvalue weighted by Gasteiger charge is -2.14. The van der Waals surface area contributed by atoms with E-state index in [0.717, 1.165) is 22.3 Å². The quantitative estimate of drug-likeness (QED) is 0.793. The van der Waals surface area contributed by atoms with Gasteiger partial charge in [-0.05, 0) is 36.8 Å². The Morgan fingerprint density at radius 1 is 1.05 bits per heavy atom. The molecular formula is C17H16FN3. The van der Waals surface area contributed by atoms with Crippen LogP contribution in [-0.2, 0) is 6.54 Å². The number of nitrogens with one attached hydrogen (secondary N) is 1. The molecule has 0 fully saturated rings. The van der Waals surface area contributed by atoms with E-state index in [1.54, 1.807) is 18.3 Å². The topological polar surface area (TPSA) is 37.8 Å². The number of aromatic nitrogens is 2. The van der Waals surface area contributed by atoms with Gasteiger partial charge in [-0.15, -0.1) is 0 Å². The van der Waals surface area contributed by atoms with Gasteiger partial charge in [0.2, 0.25) is 0 Å². The van der Waals surface area contributed by atoms with Crippen molar-refractivity contribution in [2.45, 2.75) is 19.5 Å². The lowest BCUT2D eigenvalue weighted by atomic mass is 10.1. The summed E-state index contributed by atoms with van der Waals surface area (Å²) in [7, 11) is 0. The van der Waals surface area contributed by atoms with Gasteiger partial charge in [0.1, 0.15) is 5.82 Å². The summed E-state index contributed by atoms with van der Waals surface area (Å²) in [5.41, 5.74) is 3.73. The first-order valence-electron chi connectivity index (χ1n) is 6.92. The molecule has 0 aliphatic heterocycles. The van der Waals surface area contributed by atoms with E-state index in [4.69, 9.17) is 0 Å². The van der Waals surface area contributed by atoms with Crippen molar-refractivity contribution in [1.29, 1.82) is 0 Å². The van der Waals surface area contributed by atoms with Crippen LogP contribution in [0.4, 0.5) is 4.39 Å². The predicted octanol–water partition coefficient (Wildman–Crippen LogP) is 3.62. The highest BCUT2D eigenvalue weighted by Crippen LogP contribution is 2.14. The van der Waals surface area contributed by atoms with Crippen LogP contribution in [0.25, 0.3) is 11.0 Å². The molecule has 0 saturated carbocycles. The maximum atomic E-state index is 12.9. The average molecular weight is 281 g/mol. The van der Waals surface area contributed by atoms with E-state index >= 15 is 0 Å². The van der Waals surface area contributed by atoms with Crippen molar-refractivity contribution in [2.75, 3.05) is 0 Å². The SMILES string of the molecule is C[C@H](NCc1cnc2ccccc2n1)c1ccc(F)cc1. The fourth-order valence-corrected chi connectivity index (χ4v) is 2.21. The van der Waals surface area contributed by atoms with E-state index in [2.05, 4.69) is 15.3 Å². The number of para-hydroxylation sites is 2. The third kappa shape index (κ3) is 3.23. The Hall–Kier alpha value is -2.33. The summed E-state index contributed by atoms with van der Waals surface area (Å²) in [5.74, 6) is -0.216. The maximum Gasteiger partial charge on any atom is 0.123 e. The Bertz CT molecular complexity index is 740. The highest BCUT2D eigenvalue weighted by Gasteiger charge is 2.06. The van der Waals surface area contributed by atoms with Gasteiger partial charge in [-0.1, -0.05) is 24.3 Å². The first kappa shape index (κ1) is 13.6. The van der Waals surface area contributed by atoms with E-state index in [1.807, 2.05) is 31.2 Å². The molecule has 0 saturated heterocycles. The van der Waals surface area contributed by atoms with E-state index in [-0.39, 0.29) is 11.9 Å². The molecule has 3 aromatic rings. The molecule has 1 heterocycles. The summed E-state index contributed by atoms with van der Waals surface area (Å²) < 4.78 is 12.9. The molecule has 2 aromatic carbocycles. The fourth-order valence-electron chi connectivity index (χ4n) is 2.21. The van der Waals surface area contributed by atoms with Crippen molar-refractivity contribution >= 4 is 11.0 Å². The minimum atomic E-state index is -0.216. The number of rotatable bonds is 4. The van der Waals surface area contributed by atoms with Crippen LogP contribution in [0.1, 0.15) is 24.2 Å². The van der Waals surface area contributed by atoms with Crippen LogP contribution in [0.15, 0.2) is 54.7 Å². The van der Waals surface area contributed by atoms with E-state index in [1.165, 1.54) is 12.1 Å². The minimum absolute atomic E-state index is 0.124. The van der Waals surface area contributed by atoms with Gasteiger partial charge in [-0.25, -0.2) is 9.37 Å². The van der Waals surface area contributed by atoms with Crippen LogP contribution in [0.3, 0.4) is 0 Å². The van der Waals surface area contributed by atoms with Crippen molar-refractivity contribution in [3.05, 3.63) is 71.8 Å². The van der Waals surface area contributed by atoms with Crippen molar-refractivity contribution in [2.24, 2.45) is 0 Å². The molecule has 0 unspecified atom stereocenters. The maximum absolute atomic E-state index is 12.9. The van der Waals surface area contributed by atoms with Crippen LogP contribution in [0, 0.1) is 5.82 Å². The Morgan fingerprint density at radius 2 is 1.76 bits per heavy atom. The first-order chi connectivity index (χ1) is 10.2. The summed E-state index contributed by atoms with van der Waals surface area (Å²) in [6.45, 7) is 2.66. The van der Waals surface area contributed by atoms with Crippen molar-refractivity contribution in [3.63, 3.8) is 0 Å². The van der Waals surface area contributed by atoms with Gasteiger partial charge in [0.05, 0.1) is 22.9 Å². The van der Waals surface area contributed by atoms with E-state index in [9.17, 15) is 4.39 Å². The Balaban J connectivity index is 1.69. The molecule has 21 heavy (non-hydrogen) atoms. The molecule has 0 bridgehead atoms. The second-order valence-electron chi connectivity index (χ2n) is 5.00. The number of benzene rings is 2. The number of hydrogen-bond acceptors (Lipinski definition) is 3. The molecule has 1 N–H and O–H groups in total. The minimum Gasteiger partial charge on any atom is -0.305 e. The van der Waals surface area contributed by atoms with Gasteiger partial charge >= 0.3 is 0 Å². The molecule has 106 valence electrons. The van der Waals surface area contributed by atoms with Gasteiger partial charge in [-0.2, -0.15) is 0 Å². The van der Waals surface area contributed by atoms with Crippen LogP contribution in [-0.4, -0.2) is 9.97 Å². The number of hydrogen-bond donors (Lipinski definition) is 1. The number of halogens is 1. The zero-order valence-corrected chi connectivity index (χ0v) is 11.8. The second-order valence-corrected chi connectivity index (χ2v) is 5.00. The van der Waals surface area contributed by atoms with Crippen LogP contribution < -0.4 is 5.32 Å². The standard InChI is InChI=1S/C17H16FN3/c1-12(13-6-8-14(18)9-7-13)19-10-15-11-20-16-4-2-3-5-17(16)21-15/h2-9,11-12,19H,10H2,1H3/t12-/m0/s1. The summed E-state index contributed by atoms with van der Waals surface area (Å²) >= 11 is 0. The number of nitrogens with zero attached hydrogens (tertiary/aromatic N) is 2. The normalized spacial score (nSPS) is 12.5. The molecule has 4 heteroatoms. The molecule has 3 rings (SSSR count). The van der Waals surface area contributed by atoms with E-state index < -0.39 is 0 Å². The zero-order chi connectivity index (χ0) is 14.7. The van der Waals surface area contributed by atoms with Gasteiger partial charge in [0.25, 0.3) is 0 Å².